The van der Waals surface area contributed by atoms with Gasteiger partial charge in [0.05, 0.1) is 17.3 Å². The second kappa shape index (κ2) is 12.1. The van der Waals surface area contributed by atoms with Crippen LogP contribution in [0.1, 0.15) is 83.9 Å². The van der Waals surface area contributed by atoms with E-state index in [1.807, 2.05) is 29.1 Å². The minimum atomic E-state index is 0.274. The van der Waals surface area contributed by atoms with Gasteiger partial charge >= 0.3 is 0 Å². The van der Waals surface area contributed by atoms with Crippen molar-refractivity contribution in [2.75, 3.05) is 31.1 Å². The van der Waals surface area contributed by atoms with Crippen molar-refractivity contribution in [1.29, 1.82) is 0 Å². The monoisotopic (exact) mass is 476 g/mol. The maximum atomic E-state index is 12.8. The molecular weight excluding hydrogens is 436 g/mol. The number of nitrogens with zero attached hydrogens (tertiary/aromatic N) is 6. The van der Waals surface area contributed by atoms with Crippen LogP contribution in [0, 0.1) is 0 Å². The van der Waals surface area contributed by atoms with E-state index in [9.17, 15) is 4.79 Å². The van der Waals surface area contributed by atoms with Gasteiger partial charge in [-0.15, -0.1) is 0 Å². The van der Waals surface area contributed by atoms with Gasteiger partial charge in [0.2, 0.25) is 5.91 Å². The molecule has 1 unspecified atom stereocenters. The molecule has 35 heavy (non-hydrogen) atoms. The number of carbonyl (C=O) groups excluding carboxylic acids is 1. The summed E-state index contributed by atoms with van der Waals surface area (Å²) in [5.41, 5.74) is 1.85. The lowest BCUT2D eigenvalue weighted by atomic mass is 10.1. The molecule has 3 heterocycles. The Morgan fingerprint density at radius 2 is 1.80 bits per heavy atom. The van der Waals surface area contributed by atoms with Gasteiger partial charge in [0.25, 0.3) is 0 Å². The summed E-state index contributed by atoms with van der Waals surface area (Å²) < 4.78 is 1.92. The third-order valence-electron chi connectivity index (χ3n) is 6.98. The third kappa shape index (κ3) is 6.00. The molecule has 1 aromatic carbocycles. The van der Waals surface area contributed by atoms with Gasteiger partial charge in [-0.25, -0.2) is 14.6 Å². The fourth-order valence-corrected chi connectivity index (χ4v) is 4.93. The van der Waals surface area contributed by atoms with E-state index in [1.165, 1.54) is 12.8 Å². The number of anilines is 1. The Balaban J connectivity index is 1.60. The lowest BCUT2D eigenvalue weighted by Gasteiger charge is -2.24. The van der Waals surface area contributed by atoms with Crippen LogP contribution >= 0.6 is 0 Å². The highest BCUT2D eigenvalue weighted by Crippen LogP contribution is 2.29. The lowest BCUT2D eigenvalue weighted by molar-refractivity contribution is -0.131. The number of benzene rings is 1. The summed E-state index contributed by atoms with van der Waals surface area (Å²) in [6, 6.07) is 10.2. The van der Waals surface area contributed by atoms with Gasteiger partial charge in [0.15, 0.2) is 5.65 Å². The summed E-state index contributed by atoms with van der Waals surface area (Å²) in [6.07, 6.45) is 10.2. The van der Waals surface area contributed by atoms with Crippen LogP contribution in [0.25, 0.3) is 16.7 Å². The van der Waals surface area contributed by atoms with Crippen molar-refractivity contribution in [3.63, 3.8) is 0 Å². The highest BCUT2D eigenvalue weighted by atomic mass is 16.2. The van der Waals surface area contributed by atoms with E-state index >= 15 is 0 Å². The Kier molecular flexibility index (Phi) is 8.72. The number of para-hydroxylation sites is 1. The number of hydrogen-bond donors (Lipinski definition) is 0. The van der Waals surface area contributed by atoms with Crippen molar-refractivity contribution in [2.45, 2.75) is 78.1 Å². The largest absolute Gasteiger partial charge is 0.354 e. The minimum Gasteiger partial charge on any atom is -0.354 e. The van der Waals surface area contributed by atoms with E-state index in [1.54, 1.807) is 0 Å². The molecule has 1 aliphatic heterocycles. The predicted octanol–water partition coefficient (Wildman–Crippen LogP) is 5.73. The molecule has 1 atom stereocenters. The Hall–Kier alpha value is -2.96. The second-order valence-electron chi connectivity index (χ2n) is 9.76. The molecule has 0 radical (unpaired) electrons. The molecule has 0 saturated carbocycles. The zero-order valence-corrected chi connectivity index (χ0v) is 21.6. The molecule has 0 aliphatic carbocycles. The van der Waals surface area contributed by atoms with Crippen LogP contribution in [0.5, 0.6) is 0 Å². The summed E-state index contributed by atoms with van der Waals surface area (Å²) in [6.45, 7) is 9.83. The van der Waals surface area contributed by atoms with Gasteiger partial charge < -0.3 is 9.80 Å². The molecule has 0 bridgehead atoms. The fourth-order valence-electron chi connectivity index (χ4n) is 4.93. The first-order chi connectivity index (χ1) is 17.1. The van der Waals surface area contributed by atoms with E-state index in [2.05, 4.69) is 42.7 Å². The minimum absolute atomic E-state index is 0.274. The second-order valence-corrected chi connectivity index (χ2v) is 9.76. The van der Waals surface area contributed by atoms with Gasteiger partial charge in [-0.2, -0.15) is 5.10 Å². The third-order valence-corrected chi connectivity index (χ3v) is 6.98. The number of hydrogen-bond acceptors (Lipinski definition) is 5. The van der Waals surface area contributed by atoms with Gasteiger partial charge in [0.1, 0.15) is 11.6 Å². The average Bonchev–Trinajstić information content (AvgIpc) is 3.15. The molecule has 0 spiro atoms. The quantitative estimate of drug-likeness (QED) is 0.350. The molecule has 7 heteroatoms. The van der Waals surface area contributed by atoms with Crippen LogP contribution in [-0.2, 0) is 4.79 Å². The van der Waals surface area contributed by atoms with Crippen LogP contribution < -0.4 is 4.90 Å². The van der Waals surface area contributed by atoms with Crippen LogP contribution in [-0.4, -0.2) is 56.7 Å². The summed E-state index contributed by atoms with van der Waals surface area (Å²) in [5, 5.41) is 5.68. The highest BCUT2D eigenvalue weighted by Gasteiger charge is 2.24. The molecule has 1 aliphatic rings. The number of fused-ring (bicyclic) bond motifs is 1. The Morgan fingerprint density at radius 3 is 2.57 bits per heavy atom. The van der Waals surface area contributed by atoms with Crippen LogP contribution in [0.2, 0.25) is 0 Å². The zero-order chi connectivity index (χ0) is 24.6. The summed E-state index contributed by atoms with van der Waals surface area (Å²) >= 11 is 0. The molecule has 1 fully saturated rings. The Morgan fingerprint density at radius 1 is 0.971 bits per heavy atom. The molecular formula is C28H40N6O. The van der Waals surface area contributed by atoms with Crippen LogP contribution in [0.4, 0.5) is 5.82 Å². The summed E-state index contributed by atoms with van der Waals surface area (Å²) in [5.74, 6) is 2.40. The maximum absolute atomic E-state index is 12.8. The van der Waals surface area contributed by atoms with E-state index < -0.39 is 0 Å². The van der Waals surface area contributed by atoms with Crippen molar-refractivity contribution in [3.8, 4) is 5.69 Å². The lowest BCUT2D eigenvalue weighted by Crippen LogP contribution is -2.35. The van der Waals surface area contributed by atoms with Gasteiger partial charge in [-0.3, -0.25) is 4.79 Å². The van der Waals surface area contributed by atoms with Crippen molar-refractivity contribution in [3.05, 3.63) is 42.4 Å². The summed E-state index contributed by atoms with van der Waals surface area (Å²) in [7, 11) is 0. The van der Waals surface area contributed by atoms with E-state index in [-0.39, 0.29) is 5.92 Å². The number of carbonyl (C=O) groups is 1. The first kappa shape index (κ1) is 25.1. The standard InChI is InChI=1S/C28H40N6O/c1-4-6-7-11-16-25(35)32-17-12-18-33(20-19-32)27-24-21-29-34(23-14-9-8-10-15-23)28(24)31-26(30-27)22(3)13-5-2/h8-10,14-15,21-22H,4-7,11-13,16-20H2,1-3H3. The van der Waals surface area contributed by atoms with Crippen molar-refractivity contribution in [2.24, 2.45) is 0 Å². The van der Waals surface area contributed by atoms with Gasteiger partial charge in [0, 0.05) is 38.5 Å². The SMILES string of the molecule is CCCCCCC(=O)N1CCCN(c2nc(C(C)CCC)nc3c2cnn3-c2ccccc2)CC1. The zero-order valence-electron chi connectivity index (χ0n) is 21.6. The van der Waals surface area contributed by atoms with E-state index in [0.29, 0.717) is 12.3 Å². The molecule has 188 valence electrons. The predicted molar refractivity (Wildman–Crippen MR) is 142 cm³/mol. The fraction of sp³-hybridized carbons (Fsp3) is 0.571. The first-order valence-corrected chi connectivity index (χ1v) is 13.5. The highest BCUT2D eigenvalue weighted by molar-refractivity contribution is 5.88. The average molecular weight is 477 g/mol. The molecule has 3 aromatic rings. The van der Waals surface area contributed by atoms with Crippen molar-refractivity contribution in [1.82, 2.24) is 24.6 Å². The molecule has 1 amide bonds. The van der Waals surface area contributed by atoms with E-state index in [0.717, 1.165) is 86.6 Å². The molecule has 0 N–H and O–H groups in total. The van der Waals surface area contributed by atoms with Crippen molar-refractivity contribution < 1.29 is 4.79 Å². The van der Waals surface area contributed by atoms with Gasteiger partial charge in [-0.1, -0.05) is 64.7 Å². The number of unbranched alkanes of at least 4 members (excludes halogenated alkanes) is 3. The maximum Gasteiger partial charge on any atom is 0.222 e. The normalized spacial score (nSPS) is 15.4. The molecule has 7 nitrogen and oxygen atoms in total. The number of aromatic nitrogens is 4. The summed E-state index contributed by atoms with van der Waals surface area (Å²) in [4.78, 5) is 27.3. The molecule has 1 saturated heterocycles. The van der Waals surface area contributed by atoms with E-state index in [4.69, 9.17) is 15.1 Å². The topological polar surface area (TPSA) is 67.2 Å². The van der Waals surface area contributed by atoms with Crippen molar-refractivity contribution >= 4 is 22.8 Å². The number of rotatable bonds is 10. The molecule has 2 aromatic heterocycles. The van der Waals surface area contributed by atoms with Crippen LogP contribution in [0.15, 0.2) is 36.5 Å². The number of amides is 1. The van der Waals surface area contributed by atoms with Crippen LogP contribution in [0.3, 0.4) is 0 Å². The Bertz CT molecular complexity index is 1100. The molecule has 4 rings (SSSR count). The Labute approximate surface area is 209 Å². The smallest absolute Gasteiger partial charge is 0.222 e. The van der Waals surface area contributed by atoms with Gasteiger partial charge in [-0.05, 0) is 31.4 Å². The first-order valence-electron chi connectivity index (χ1n) is 13.5.